The van der Waals surface area contributed by atoms with Gasteiger partial charge in [-0.1, -0.05) is 35.9 Å². The van der Waals surface area contributed by atoms with Crippen LogP contribution in [-0.2, 0) is 0 Å². The Labute approximate surface area is 99.4 Å². The van der Waals surface area contributed by atoms with Gasteiger partial charge in [0.2, 0.25) is 0 Å². The lowest BCUT2D eigenvalue weighted by molar-refractivity contribution is 0.0828. The Hall–Kier alpha value is -1.54. The maximum atomic E-state index is 11.9. The zero-order chi connectivity index (χ0) is 11.7. The third-order valence-electron chi connectivity index (χ3n) is 2.47. The number of hydrogen-bond donors (Lipinski definition) is 0. The molecule has 0 radical (unpaired) electrons. The molecule has 16 heavy (non-hydrogen) atoms. The van der Waals surface area contributed by atoms with Gasteiger partial charge in [0.25, 0.3) is 5.91 Å². The summed E-state index contributed by atoms with van der Waals surface area (Å²) in [6.45, 7) is 0. The van der Waals surface area contributed by atoms with Crippen molar-refractivity contribution < 1.29 is 4.79 Å². The summed E-state index contributed by atoms with van der Waals surface area (Å²) in [4.78, 5) is 13.4. The van der Waals surface area contributed by atoms with Crippen LogP contribution in [0.5, 0.6) is 0 Å². The van der Waals surface area contributed by atoms with E-state index in [9.17, 15) is 4.79 Å². The summed E-state index contributed by atoms with van der Waals surface area (Å²) in [6, 6.07) is 11.5. The Bertz CT molecular complexity index is 549. The standard InChI is InChI=1S/C13H12ClNO/c1-15(2)13(16)11-7-9-5-3-4-6-10(9)8-12(11)14/h3-8H,1-2H3. The highest BCUT2D eigenvalue weighted by Gasteiger charge is 2.12. The monoisotopic (exact) mass is 233 g/mol. The van der Waals surface area contributed by atoms with Crippen LogP contribution in [0.1, 0.15) is 10.4 Å². The van der Waals surface area contributed by atoms with Gasteiger partial charge in [0, 0.05) is 14.1 Å². The van der Waals surface area contributed by atoms with Gasteiger partial charge in [-0.25, -0.2) is 0 Å². The van der Waals surface area contributed by atoms with E-state index in [0.29, 0.717) is 10.6 Å². The molecule has 2 aromatic carbocycles. The predicted octanol–water partition coefficient (Wildman–Crippen LogP) is 3.20. The highest BCUT2D eigenvalue weighted by molar-refractivity contribution is 6.34. The summed E-state index contributed by atoms with van der Waals surface area (Å²) in [7, 11) is 3.43. The Morgan fingerprint density at radius 2 is 1.69 bits per heavy atom. The number of fused-ring (bicyclic) bond motifs is 1. The molecule has 82 valence electrons. The minimum atomic E-state index is -0.0734. The number of carbonyl (C=O) groups is 1. The van der Waals surface area contributed by atoms with Gasteiger partial charge in [-0.2, -0.15) is 0 Å². The summed E-state index contributed by atoms with van der Waals surface area (Å²) >= 11 is 6.09. The van der Waals surface area contributed by atoms with Gasteiger partial charge >= 0.3 is 0 Å². The van der Waals surface area contributed by atoms with Crippen LogP contribution in [0.2, 0.25) is 5.02 Å². The maximum absolute atomic E-state index is 11.9. The van der Waals surface area contributed by atoms with Crippen molar-refractivity contribution in [3.63, 3.8) is 0 Å². The molecule has 0 fully saturated rings. The lowest BCUT2D eigenvalue weighted by atomic mass is 10.1. The molecule has 0 saturated heterocycles. The molecule has 1 amide bonds. The number of carbonyl (C=O) groups excluding carboxylic acids is 1. The smallest absolute Gasteiger partial charge is 0.254 e. The predicted molar refractivity (Wildman–Crippen MR) is 67.0 cm³/mol. The maximum Gasteiger partial charge on any atom is 0.254 e. The molecule has 2 rings (SSSR count). The van der Waals surface area contributed by atoms with Crippen LogP contribution in [0.15, 0.2) is 36.4 Å². The fourth-order valence-corrected chi connectivity index (χ4v) is 1.87. The van der Waals surface area contributed by atoms with Crippen molar-refractivity contribution in [3.8, 4) is 0 Å². The van der Waals surface area contributed by atoms with Gasteiger partial charge in [-0.05, 0) is 22.9 Å². The van der Waals surface area contributed by atoms with E-state index in [0.717, 1.165) is 10.8 Å². The first-order valence-electron chi connectivity index (χ1n) is 4.99. The van der Waals surface area contributed by atoms with Crippen LogP contribution in [0.4, 0.5) is 0 Å². The SMILES string of the molecule is CN(C)C(=O)c1cc2ccccc2cc1Cl. The molecule has 0 bridgehead atoms. The summed E-state index contributed by atoms with van der Waals surface area (Å²) in [5.41, 5.74) is 0.547. The van der Waals surface area contributed by atoms with E-state index in [-0.39, 0.29) is 5.91 Å². The largest absolute Gasteiger partial charge is 0.345 e. The topological polar surface area (TPSA) is 20.3 Å². The summed E-state index contributed by atoms with van der Waals surface area (Å²) in [5.74, 6) is -0.0734. The molecule has 2 nitrogen and oxygen atoms in total. The molecule has 0 heterocycles. The van der Waals surface area contributed by atoms with E-state index in [1.165, 1.54) is 4.90 Å². The van der Waals surface area contributed by atoms with Gasteiger partial charge < -0.3 is 4.90 Å². The van der Waals surface area contributed by atoms with Crippen LogP contribution in [-0.4, -0.2) is 24.9 Å². The van der Waals surface area contributed by atoms with Crippen molar-refractivity contribution in [2.75, 3.05) is 14.1 Å². The summed E-state index contributed by atoms with van der Waals surface area (Å²) in [5, 5.41) is 2.57. The molecule has 0 aliphatic rings. The molecular formula is C13H12ClNO. The van der Waals surface area contributed by atoms with E-state index in [1.54, 1.807) is 14.1 Å². The number of halogens is 1. The summed E-state index contributed by atoms with van der Waals surface area (Å²) in [6.07, 6.45) is 0. The average Bonchev–Trinajstić information content (AvgIpc) is 2.27. The second-order valence-corrected chi connectivity index (χ2v) is 4.29. The molecule has 0 unspecified atom stereocenters. The minimum absolute atomic E-state index is 0.0734. The number of nitrogens with zero attached hydrogens (tertiary/aromatic N) is 1. The lowest BCUT2D eigenvalue weighted by Crippen LogP contribution is -2.21. The Kier molecular flexibility index (Phi) is 2.84. The van der Waals surface area contributed by atoms with Crippen molar-refractivity contribution in [2.45, 2.75) is 0 Å². The molecular weight excluding hydrogens is 222 g/mol. The average molecular weight is 234 g/mol. The molecule has 0 aliphatic heterocycles. The van der Waals surface area contributed by atoms with Gasteiger partial charge in [-0.3, -0.25) is 4.79 Å². The number of hydrogen-bond acceptors (Lipinski definition) is 1. The second kappa shape index (κ2) is 4.14. The van der Waals surface area contributed by atoms with E-state index in [1.807, 2.05) is 36.4 Å². The molecule has 3 heteroatoms. The first-order chi connectivity index (χ1) is 7.59. The van der Waals surface area contributed by atoms with Crippen LogP contribution >= 0.6 is 11.6 Å². The van der Waals surface area contributed by atoms with Crippen molar-refractivity contribution in [1.82, 2.24) is 4.90 Å². The molecule has 0 aromatic heterocycles. The van der Waals surface area contributed by atoms with Crippen molar-refractivity contribution in [1.29, 1.82) is 0 Å². The fourth-order valence-electron chi connectivity index (χ4n) is 1.62. The lowest BCUT2D eigenvalue weighted by Gasteiger charge is -2.12. The van der Waals surface area contributed by atoms with Gasteiger partial charge in [0.1, 0.15) is 0 Å². The first-order valence-corrected chi connectivity index (χ1v) is 5.37. The van der Waals surface area contributed by atoms with E-state index < -0.39 is 0 Å². The van der Waals surface area contributed by atoms with Gasteiger partial charge in [0.15, 0.2) is 0 Å². The third-order valence-corrected chi connectivity index (χ3v) is 2.78. The second-order valence-electron chi connectivity index (χ2n) is 3.88. The Morgan fingerprint density at radius 1 is 1.12 bits per heavy atom. The number of benzene rings is 2. The fraction of sp³-hybridized carbons (Fsp3) is 0.154. The molecule has 2 aromatic rings. The van der Waals surface area contributed by atoms with Gasteiger partial charge in [0.05, 0.1) is 10.6 Å². The molecule has 0 N–H and O–H groups in total. The van der Waals surface area contributed by atoms with Crippen molar-refractivity contribution in [2.24, 2.45) is 0 Å². The van der Waals surface area contributed by atoms with E-state index in [4.69, 9.17) is 11.6 Å². The number of rotatable bonds is 1. The molecule has 0 atom stereocenters. The van der Waals surface area contributed by atoms with Crippen LogP contribution in [0.25, 0.3) is 10.8 Å². The summed E-state index contributed by atoms with van der Waals surface area (Å²) < 4.78 is 0. The highest BCUT2D eigenvalue weighted by atomic mass is 35.5. The van der Waals surface area contributed by atoms with Crippen molar-refractivity contribution >= 4 is 28.3 Å². The van der Waals surface area contributed by atoms with E-state index >= 15 is 0 Å². The molecule has 0 spiro atoms. The Morgan fingerprint density at radius 3 is 2.25 bits per heavy atom. The zero-order valence-electron chi connectivity index (χ0n) is 9.20. The normalized spacial score (nSPS) is 10.4. The van der Waals surface area contributed by atoms with Crippen LogP contribution in [0, 0.1) is 0 Å². The zero-order valence-corrected chi connectivity index (χ0v) is 9.95. The highest BCUT2D eigenvalue weighted by Crippen LogP contribution is 2.24. The van der Waals surface area contributed by atoms with E-state index in [2.05, 4.69) is 0 Å². The van der Waals surface area contributed by atoms with Crippen molar-refractivity contribution in [3.05, 3.63) is 47.0 Å². The third kappa shape index (κ3) is 1.89. The van der Waals surface area contributed by atoms with Gasteiger partial charge in [-0.15, -0.1) is 0 Å². The van der Waals surface area contributed by atoms with Crippen LogP contribution < -0.4 is 0 Å². The molecule has 0 aliphatic carbocycles. The minimum Gasteiger partial charge on any atom is -0.345 e. The van der Waals surface area contributed by atoms with Crippen LogP contribution in [0.3, 0.4) is 0 Å². The first kappa shape index (κ1) is 11.0. The Balaban J connectivity index is 2.63. The molecule has 0 saturated carbocycles. The number of amides is 1. The quantitative estimate of drug-likeness (QED) is 0.741.